The van der Waals surface area contributed by atoms with Crippen LogP contribution >= 0.6 is 0 Å². The molecule has 1 aromatic heterocycles. The van der Waals surface area contributed by atoms with E-state index in [0.717, 1.165) is 18.7 Å². The van der Waals surface area contributed by atoms with Crippen molar-refractivity contribution in [3.63, 3.8) is 0 Å². The molecule has 0 radical (unpaired) electrons. The number of aromatic carboxylic acids is 1. The fourth-order valence-electron chi connectivity index (χ4n) is 1.77. The van der Waals surface area contributed by atoms with Gasteiger partial charge in [0, 0.05) is 12.5 Å². The SMILES string of the molecule is CCCc1nnnn1-c1ccc(C(=O)O)c(OC)c1. The van der Waals surface area contributed by atoms with Crippen LogP contribution in [-0.4, -0.2) is 38.4 Å². The van der Waals surface area contributed by atoms with Gasteiger partial charge in [0.2, 0.25) is 0 Å². The van der Waals surface area contributed by atoms with E-state index in [4.69, 9.17) is 9.84 Å². The molecule has 1 aromatic carbocycles. The van der Waals surface area contributed by atoms with E-state index in [-0.39, 0.29) is 11.3 Å². The normalized spacial score (nSPS) is 10.4. The van der Waals surface area contributed by atoms with Crippen molar-refractivity contribution in [3.8, 4) is 11.4 Å². The lowest BCUT2D eigenvalue weighted by Crippen LogP contribution is -2.06. The summed E-state index contributed by atoms with van der Waals surface area (Å²) in [4.78, 5) is 11.0. The molecule has 19 heavy (non-hydrogen) atoms. The van der Waals surface area contributed by atoms with Crippen LogP contribution in [0.3, 0.4) is 0 Å². The van der Waals surface area contributed by atoms with Crippen LogP contribution in [0.1, 0.15) is 29.5 Å². The predicted octanol–water partition coefficient (Wildman–Crippen LogP) is 1.32. The van der Waals surface area contributed by atoms with Crippen LogP contribution < -0.4 is 4.74 Å². The second-order valence-electron chi connectivity index (χ2n) is 3.95. The fraction of sp³-hybridized carbons (Fsp3) is 0.333. The van der Waals surface area contributed by atoms with E-state index < -0.39 is 5.97 Å². The highest BCUT2D eigenvalue weighted by molar-refractivity contribution is 5.91. The van der Waals surface area contributed by atoms with Crippen molar-refractivity contribution in [3.05, 3.63) is 29.6 Å². The summed E-state index contributed by atoms with van der Waals surface area (Å²) in [5.74, 6) is -0.0236. The molecular weight excluding hydrogens is 248 g/mol. The lowest BCUT2D eigenvalue weighted by Gasteiger charge is -2.08. The molecule has 0 atom stereocenters. The minimum absolute atomic E-state index is 0.108. The molecule has 0 unspecified atom stereocenters. The summed E-state index contributed by atoms with van der Waals surface area (Å²) in [6.07, 6.45) is 1.67. The van der Waals surface area contributed by atoms with Crippen molar-refractivity contribution >= 4 is 5.97 Å². The Morgan fingerprint density at radius 2 is 2.26 bits per heavy atom. The smallest absolute Gasteiger partial charge is 0.339 e. The van der Waals surface area contributed by atoms with Crippen molar-refractivity contribution in [2.75, 3.05) is 7.11 Å². The molecule has 7 nitrogen and oxygen atoms in total. The summed E-state index contributed by atoms with van der Waals surface area (Å²) in [7, 11) is 1.43. The highest BCUT2D eigenvalue weighted by atomic mass is 16.5. The molecule has 2 rings (SSSR count). The minimum Gasteiger partial charge on any atom is -0.496 e. The highest BCUT2D eigenvalue weighted by Crippen LogP contribution is 2.22. The number of hydrogen-bond acceptors (Lipinski definition) is 5. The largest absolute Gasteiger partial charge is 0.496 e. The number of benzene rings is 1. The van der Waals surface area contributed by atoms with E-state index in [9.17, 15) is 4.79 Å². The molecule has 0 aliphatic rings. The predicted molar refractivity (Wildman–Crippen MR) is 66.7 cm³/mol. The summed E-state index contributed by atoms with van der Waals surface area (Å²) in [5.41, 5.74) is 0.784. The topological polar surface area (TPSA) is 90.1 Å². The first-order valence-corrected chi connectivity index (χ1v) is 5.86. The average Bonchev–Trinajstić information content (AvgIpc) is 2.86. The van der Waals surface area contributed by atoms with Gasteiger partial charge in [0.05, 0.1) is 12.8 Å². The van der Waals surface area contributed by atoms with Gasteiger partial charge in [-0.05, 0) is 29.0 Å². The van der Waals surface area contributed by atoms with E-state index >= 15 is 0 Å². The maximum Gasteiger partial charge on any atom is 0.339 e. The van der Waals surface area contributed by atoms with Gasteiger partial charge in [-0.25, -0.2) is 4.79 Å². The van der Waals surface area contributed by atoms with Gasteiger partial charge in [-0.3, -0.25) is 0 Å². The van der Waals surface area contributed by atoms with E-state index in [1.165, 1.54) is 13.2 Å². The van der Waals surface area contributed by atoms with Crippen molar-refractivity contribution in [1.82, 2.24) is 20.2 Å². The van der Waals surface area contributed by atoms with E-state index in [1.54, 1.807) is 16.8 Å². The van der Waals surface area contributed by atoms with Crippen LogP contribution in [0.5, 0.6) is 5.75 Å². The van der Waals surface area contributed by atoms with Gasteiger partial charge in [-0.2, -0.15) is 4.68 Å². The van der Waals surface area contributed by atoms with Gasteiger partial charge in [0.1, 0.15) is 11.3 Å². The summed E-state index contributed by atoms with van der Waals surface area (Å²) < 4.78 is 6.66. The molecule has 0 saturated carbocycles. The van der Waals surface area contributed by atoms with Gasteiger partial charge in [-0.1, -0.05) is 6.92 Å². The zero-order valence-corrected chi connectivity index (χ0v) is 10.7. The fourth-order valence-corrected chi connectivity index (χ4v) is 1.77. The zero-order chi connectivity index (χ0) is 13.8. The number of nitrogens with zero attached hydrogens (tertiary/aromatic N) is 4. The van der Waals surface area contributed by atoms with Gasteiger partial charge in [0.25, 0.3) is 0 Å². The standard InChI is InChI=1S/C12H14N4O3/c1-3-4-11-13-14-15-16(11)8-5-6-9(12(17)18)10(7-8)19-2/h5-7H,3-4H2,1-2H3,(H,17,18). The summed E-state index contributed by atoms with van der Waals surface area (Å²) in [6.45, 7) is 2.03. The van der Waals surface area contributed by atoms with Crippen LogP contribution in [0, 0.1) is 0 Å². The Balaban J connectivity index is 2.45. The van der Waals surface area contributed by atoms with Gasteiger partial charge < -0.3 is 9.84 Å². The first-order valence-electron chi connectivity index (χ1n) is 5.86. The Bertz CT molecular complexity index is 594. The molecule has 0 amide bonds. The minimum atomic E-state index is -1.03. The molecule has 2 aromatic rings. The van der Waals surface area contributed by atoms with Crippen molar-refractivity contribution < 1.29 is 14.6 Å². The summed E-state index contributed by atoms with van der Waals surface area (Å²) in [5, 5.41) is 20.5. The van der Waals surface area contributed by atoms with Gasteiger partial charge >= 0.3 is 5.97 Å². The molecule has 100 valence electrons. The number of aryl methyl sites for hydroxylation is 1. The third kappa shape index (κ3) is 2.54. The molecule has 0 fully saturated rings. The first kappa shape index (κ1) is 13.0. The molecule has 0 bridgehead atoms. The highest BCUT2D eigenvalue weighted by Gasteiger charge is 2.14. The summed E-state index contributed by atoms with van der Waals surface area (Å²) >= 11 is 0. The maximum absolute atomic E-state index is 11.0. The van der Waals surface area contributed by atoms with E-state index in [0.29, 0.717) is 5.69 Å². The second kappa shape index (κ2) is 5.47. The number of carboxylic acids is 1. The number of rotatable bonds is 5. The zero-order valence-electron chi connectivity index (χ0n) is 10.7. The Kier molecular flexibility index (Phi) is 3.74. The Hall–Kier alpha value is -2.44. The van der Waals surface area contributed by atoms with Crippen LogP contribution in [0.4, 0.5) is 0 Å². The number of ether oxygens (including phenoxy) is 1. The molecule has 0 spiro atoms. The third-order valence-corrected chi connectivity index (χ3v) is 2.67. The van der Waals surface area contributed by atoms with Crippen molar-refractivity contribution in [2.24, 2.45) is 0 Å². The number of carbonyl (C=O) groups is 1. The lowest BCUT2D eigenvalue weighted by molar-refractivity contribution is 0.0693. The summed E-state index contributed by atoms with van der Waals surface area (Å²) in [6, 6.07) is 4.74. The van der Waals surface area contributed by atoms with Crippen molar-refractivity contribution in [1.29, 1.82) is 0 Å². The van der Waals surface area contributed by atoms with Crippen LogP contribution in [0.25, 0.3) is 5.69 Å². The second-order valence-corrected chi connectivity index (χ2v) is 3.95. The van der Waals surface area contributed by atoms with Crippen LogP contribution in [-0.2, 0) is 6.42 Å². The Morgan fingerprint density at radius 3 is 2.89 bits per heavy atom. The number of tetrazole rings is 1. The number of hydrogen-bond donors (Lipinski definition) is 1. The Morgan fingerprint density at radius 1 is 1.47 bits per heavy atom. The third-order valence-electron chi connectivity index (χ3n) is 2.67. The number of carboxylic acid groups (broad SMARTS) is 1. The van der Waals surface area contributed by atoms with Crippen LogP contribution in [0.2, 0.25) is 0 Å². The maximum atomic E-state index is 11.0. The molecule has 0 aliphatic heterocycles. The molecule has 0 saturated heterocycles. The molecule has 0 aliphatic carbocycles. The molecule has 7 heteroatoms. The van der Waals surface area contributed by atoms with E-state index in [2.05, 4.69) is 15.5 Å². The van der Waals surface area contributed by atoms with E-state index in [1.807, 2.05) is 6.92 Å². The van der Waals surface area contributed by atoms with Crippen molar-refractivity contribution in [2.45, 2.75) is 19.8 Å². The number of methoxy groups -OCH3 is 1. The van der Waals surface area contributed by atoms with Gasteiger partial charge in [-0.15, -0.1) is 5.10 Å². The molecule has 1 N–H and O–H groups in total. The number of aromatic nitrogens is 4. The lowest BCUT2D eigenvalue weighted by atomic mass is 10.2. The molecule has 1 heterocycles. The Labute approximate surface area is 109 Å². The molecular formula is C12H14N4O3. The van der Waals surface area contributed by atoms with Crippen LogP contribution in [0.15, 0.2) is 18.2 Å². The monoisotopic (exact) mass is 262 g/mol. The quantitative estimate of drug-likeness (QED) is 0.874. The van der Waals surface area contributed by atoms with Gasteiger partial charge in [0.15, 0.2) is 5.82 Å². The average molecular weight is 262 g/mol. The first-order chi connectivity index (χ1) is 9.17.